The number of hydrogen-bond donors (Lipinski definition) is 1. The Bertz CT molecular complexity index is 687. The largest absolute Gasteiger partial charge is 0.335 e. The molecule has 0 aliphatic rings. The van der Waals surface area contributed by atoms with Crippen molar-refractivity contribution in [2.75, 3.05) is 5.84 Å². The SMILES string of the molecule is Cc1ccc(CSc2nnc(-c3cccs3)n2N)cc1. The van der Waals surface area contributed by atoms with E-state index in [4.69, 9.17) is 5.84 Å². The van der Waals surface area contributed by atoms with Crippen molar-refractivity contribution < 1.29 is 0 Å². The molecule has 0 unspecified atom stereocenters. The molecule has 0 saturated carbocycles. The van der Waals surface area contributed by atoms with E-state index in [1.165, 1.54) is 11.1 Å². The summed E-state index contributed by atoms with van der Waals surface area (Å²) < 4.78 is 1.56. The summed E-state index contributed by atoms with van der Waals surface area (Å²) in [5.41, 5.74) is 2.52. The second-order valence-electron chi connectivity index (χ2n) is 4.43. The third-order valence-electron chi connectivity index (χ3n) is 2.89. The first-order valence-corrected chi connectivity index (χ1v) is 8.03. The van der Waals surface area contributed by atoms with Gasteiger partial charge in [0.25, 0.3) is 0 Å². The summed E-state index contributed by atoms with van der Waals surface area (Å²) in [6.45, 7) is 2.08. The molecule has 0 aliphatic carbocycles. The molecule has 0 spiro atoms. The van der Waals surface area contributed by atoms with Crippen LogP contribution in [0.2, 0.25) is 0 Å². The molecule has 3 aromatic rings. The molecule has 0 amide bonds. The summed E-state index contributed by atoms with van der Waals surface area (Å²) >= 11 is 3.20. The summed E-state index contributed by atoms with van der Waals surface area (Å²) in [6.07, 6.45) is 0. The first kappa shape index (κ1) is 13.2. The Morgan fingerprint density at radius 1 is 1.20 bits per heavy atom. The van der Waals surface area contributed by atoms with Gasteiger partial charge in [-0.1, -0.05) is 47.7 Å². The predicted molar refractivity (Wildman–Crippen MR) is 84.2 cm³/mol. The predicted octanol–water partition coefficient (Wildman–Crippen LogP) is 3.32. The highest BCUT2D eigenvalue weighted by molar-refractivity contribution is 7.98. The number of nitrogens with zero attached hydrogens (tertiary/aromatic N) is 3. The molecule has 0 bridgehead atoms. The number of thiophene rings is 1. The topological polar surface area (TPSA) is 56.7 Å². The molecule has 0 atom stereocenters. The molecule has 3 rings (SSSR count). The van der Waals surface area contributed by atoms with Gasteiger partial charge in [0, 0.05) is 5.75 Å². The van der Waals surface area contributed by atoms with Gasteiger partial charge in [-0.15, -0.1) is 21.5 Å². The van der Waals surface area contributed by atoms with E-state index < -0.39 is 0 Å². The molecule has 102 valence electrons. The van der Waals surface area contributed by atoms with Crippen LogP contribution in [0.3, 0.4) is 0 Å². The highest BCUT2D eigenvalue weighted by Gasteiger charge is 2.12. The molecule has 2 N–H and O–H groups in total. The van der Waals surface area contributed by atoms with Crippen LogP contribution in [-0.2, 0) is 5.75 Å². The smallest absolute Gasteiger partial charge is 0.210 e. The van der Waals surface area contributed by atoms with Gasteiger partial charge in [-0.25, -0.2) is 4.68 Å². The van der Waals surface area contributed by atoms with Crippen molar-refractivity contribution in [1.82, 2.24) is 14.9 Å². The number of aromatic nitrogens is 3. The number of nitrogen functional groups attached to an aromatic ring is 1. The first-order valence-electron chi connectivity index (χ1n) is 6.17. The zero-order chi connectivity index (χ0) is 13.9. The standard InChI is InChI=1S/C14H14N4S2/c1-10-4-6-11(7-5-10)9-20-14-17-16-13(18(14)15)12-3-2-8-19-12/h2-8H,9,15H2,1H3. The van der Waals surface area contributed by atoms with Gasteiger partial charge in [-0.2, -0.15) is 0 Å². The number of rotatable bonds is 4. The number of benzene rings is 1. The minimum Gasteiger partial charge on any atom is -0.335 e. The van der Waals surface area contributed by atoms with Gasteiger partial charge in [0.2, 0.25) is 5.16 Å². The van der Waals surface area contributed by atoms with Crippen LogP contribution in [0.15, 0.2) is 46.9 Å². The van der Waals surface area contributed by atoms with Crippen LogP contribution in [0, 0.1) is 6.92 Å². The van der Waals surface area contributed by atoms with Gasteiger partial charge in [0.05, 0.1) is 4.88 Å². The van der Waals surface area contributed by atoms with Crippen molar-refractivity contribution >= 4 is 23.1 Å². The van der Waals surface area contributed by atoms with E-state index in [-0.39, 0.29) is 0 Å². The molecule has 4 nitrogen and oxygen atoms in total. The molecule has 1 aromatic carbocycles. The lowest BCUT2D eigenvalue weighted by Crippen LogP contribution is -2.11. The van der Waals surface area contributed by atoms with Gasteiger partial charge in [-0.05, 0) is 23.9 Å². The molecule has 2 aromatic heterocycles. The van der Waals surface area contributed by atoms with E-state index in [2.05, 4.69) is 41.4 Å². The second kappa shape index (κ2) is 5.68. The van der Waals surface area contributed by atoms with Crippen molar-refractivity contribution in [2.45, 2.75) is 17.8 Å². The lowest BCUT2D eigenvalue weighted by Gasteiger charge is -2.03. The zero-order valence-corrected chi connectivity index (χ0v) is 12.6. The summed E-state index contributed by atoms with van der Waals surface area (Å²) in [5, 5.41) is 11.1. The molecule has 2 heterocycles. The normalized spacial score (nSPS) is 10.8. The fourth-order valence-electron chi connectivity index (χ4n) is 1.78. The van der Waals surface area contributed by atoms with Crippen molar-refractivity contribution in [3.63, 3.8) is 0 Å². The molecule has 0 radical (unpaired) electrons. The van der Waals surface area contributed by atoms with E-state index in [0.29, 0.717) is 5.82 Å². The number of hydrogen-bond acceptors (Lipinski definition) is 5. The maximum atomic E-state index is 6.06. The Kier molecular flexibility index (Phi) is 3.75. The van der Waals surface area contributed by atoms with Gasteiger partial charge in [0.1, 0.15) is 0 Å². The molecule has 0 saturated heterocycles. The maximum absolute atomic E-state index is 6.06. The van der Waals surface area contributed by atoms with E-state index in [9.17, 15) is 0 Å². The van der Waals surface area contributed by atoms with Crippen LogP contribution in [0.1, 0.15) is 11.1 Å². The fourth-order valence-corrected chi connectivity index (χ4v) is 3.30. The summed E-state index contributed by atoms with van der Waals surface area (Å²) in [6, 6.07) is 12.4. The monoisotopic (exact) mass is 302 g/mol. The number of nitrogens with two attached hydrogens (primary N) is 1. The van der Waals surface area contributed by atoms with E-state index in [1.54, 1.807) is 27.8 Å². The van der Waals surface area contributed by atoms with Gasteiger partial charge < -0.3 is 5.84 Å². The molecule has 0 fully saturated rings. The Morgan fingerprint density at radius 3 is 2.70 bits per heavy atom. The van der Waals surface area contributed by atoms with Crippen LogP contribution in [0.25, 0.3) is 10.7 Å². The average Bonchev–Trinajstić information content (AvgIpc) is 3.08. The third kappa shape index (κ3) is 2.71. The fraction of sp³-hybridized carbons (Fsp3) is 0.143. The summed E-state index contributed by atoms with van der Waals surface area (Å²) in [5.74, 6) is 7.61. The van der Waals surface area contributed by atoms with E-state index in [1.807, 2.05) is 17.5 Å². The highest BCUT2D eigenvalue weighted by atomic mass is 32.2. The minimum atomic E-state index is 0.714. The van der Waals surface area contributed by atoms with Crippen LogP contribution in [0.4, 0.5) is 0 Å². The third-order valence-corrected chi connectivity index (χ3v) is 4.77. The molecular weight excluding hydrogens is 288 g/mol. The van der Waals surface area contributed by atoms with Crippen molar-refractivity contribution in [3.8, 4) is 10.7 Å². The van der Waals surface area contributed by atoms with Crippen LogP contribution in [-0.4, -0.2) is 14.9 Å². The van der Waals surface area contributed by atoms with Gasteiger partial charge in [0.15, 0.2) is 5.82 Å². The van der Waals surface area contributed by atoms with E-state index >= 15 is 0 Å². The lowest BCUT2D eigenvalue weighted by atomic mass is 10.2. The van der Waals surface area contributed by atoms with E-state index in [0.717, 1.165) is 15.8 Å². The summed E-state index contributed by atoms with van der Waals surface area (Å²) in [7, 11) is 0. The molecule has 6 heteroatoms. The first-order chi connectivity index (χ1) is 9.74. The molecule has 0 aliphatic heterocycles. The average molecular weight is 302 g/mol. The highest BCUT2D eigenvalue weighted by Crippen LogP contribution is 2.26. The van der Waals surface area contributed by atoms with Crippen molar-refractivity contribution in [2.24, 2.45) is 0 Å². The van der Waals surface area contributed by atoms with Crippen LogP contribution < -0.4 is 5.84 Å². The zero-order valence-electron chi connectivity index (χ0n) is 11.0. The number of aryl methyl sites for hydroxylation is 1. The van der Waals surface area contributed by atoms with Crippen LogP contribution >= 0.6 is 23.1 Å². The lowest BCUT2D eigenvalue weighted by molar-refractivity contribution is 0.850. The molecule has 20 heavy (non-hydrogen) atoms. The number of thioether (sulfide) groups is 1. The Morgan fingerprint density at radius 2 is 2.00 bits per heavy atom. The van der Waals surface area contributed by atoms with Crippen molar-refractivity contribution in [1.29, 1.82) is 0 Å². The Hall–Kier alpha value is -1.79. The Balaban J connectivity index is 1.74. The Labute approximate surface area is 125 Å². The van der Waals surface area contributed by atoms with Crippen LogP contribution in [0.5, 0.6) is 0 Å². The molecular formula is C14H14N4S2. The second-order valence-corrected chi connectivity index (χ2v) is 6.32. The quantitative estimate of drug-likeness (QED) is 0.593. The van der Waals surface area contributed by atoms with Gasteiger partial charge >= 0.3 is 0 Å². The minimum absolute atomic E-state index is 0.714. The van der Waals surface area contributed by atoms with Crippen molar-refractivity contribution in [3.05, 3.63) is 52.9 Å². The summed E-state index contributed by atoms with van der Waals surface area (Å²) in [4.78, 5) is 1.03. The maximum Gasteiger partial charge on any atom is 0.210 e. The van der Waals surface area contributed by atoms with Gasteiger partial charge in [-0.3, -0.25) is 0 Å².